The molecule has 0 spiro atoms. The summed E-state index contributed by atoms with van der Waals surface area (Å²) >= 11 is 0. The molecule has 0 heterocycles. The summed E-state index contributed by atoms with van der Waals surface area (Å²) in [5.74, 6) is -4.05. The SMILES string of the molecule is CC(C)CC(NS(=O)(=O)c1c(F)cccc1F)C(=O)O. The van der Waals surface area contributed by atoms with Crippen molar-refractivity contribution in [2.24, 2.45) is 5.92 Å². The third-order valence-electron chi connectivity index (χ3n) is 2.49. The van der Waals surface area contributed by atoms with Crippen molar-refractivity contribution in [3.8, 4) is 0 Å². The number of hydrogen-bond donors (Lipinski definition) is 2. The average Bonchev–Trinajstić information content (AvgIpc) is 2.26. The van der Waals surface area contributed by atoms with Gasteiger partial charge < -0.3 is 5.11 Å². The number of rotatable bonds is 6. The van der Waals surface area contributed by atoms with Crippen molar-refractivity contribution in [3.63, 3.8) is 0 Å². The summed E-state index contributed by atoms with van der Waals surface area (Å²) in [5.41, 5.74) is 0. The Hall–Kier alpha value is -1.54. The molecule has 1 rings (SSSR count). The van der Waals surface area contributed by atoms with Crippen molar-refractivity contribution in [3.05, 3.63) is 29.8 Å². The predicted octanol–water partition coefficient (Wildman–Crippen LogP) is 1.74. The molecule has 8 heteroatoms. The summed E-state index contributed by atoms with van der Waals surface area (Å²) in [7, 11) is -4.59. The van der Waals surface area contributed by atoms with Crippen LogP contribution in [0.3, 0.4) is 0 Å². The van der Waals surface area contributed by atoms with Gasteiger partial charge in [-0.1, -0.05) is 19.9 Å². The number of benzene rings is 1. The minimum Gasteiger partial charge on any atom is -0.480 e. The molecular formula is C12H15F2NO4S. The first-order chi connectivity index (χ1) is 9.15. The molecule has 2 N–H and O–H groups in total. The van der Waals surface area contributed by atoms with Crippen molar-refractivity contribution in [2.45, 2.75) is 31.2 Å². The van der Waals surface area contributed by atoms with E-state index >= 15 is 0 Å². The van der Waals surface area contributed by atoms with Crippen LogP contribution in [0.2, 0.25) is 0 Å². The van der Waals surface area contributed by atoms with Gasteiger partial charge in [0.1, 0.15) is 17.7 Å². The van der Waals surface area contributed by atoms with Gasteiger partial charge in [0.2, 0.25) is 10.0 Å². The van der Waals surface area contributed by atoms with Gasteiger partial charge in [-0.05, 0) is 24.5 Å². The van der Waals surface area contributed by atoms with Gasteiger partial charge in [0.25, 0.3) is 0 Å². The molecule has 0 bridgehead atoms. The second kappa shape index (κ2) is 6.27. The van der Waals surface area contributed by atoms with E-state index < -0.39 is 38.6 Å². The van der Waals surface area contributed by atoms with E-state index in [1.165, 1.54) is 0 Å². The van der Waals surface area contributed by atoms with Gasteiger partial charge in [-0.25, -0.2) is 17.2 Å². The lowest BCUT2D eigenvalue weighted by molar-refractivity contribution is -0.139. The third-order valence-corrected chi connectivity index (χ3v) is 4.01. The van der Waals surface area contributed by atoms with Crippen molar-refractivity contribution in [1.82, 2.24) is 4.72 Å². The summed E-state index contributed by atoms with van der Waals surface area (Å²) in [6, 6.07) is 1.15. The quantitative estimate of drug-likeness (QED) is 0.838. The number of sulfonamides is 1. The molecular weight excluding hydrogens is 292 g/mol. The maximum Gasteiger partial charge on any atom is 0.321 e. The molecule has 1 aromatic carbocycles. The van der Waals surface area contributed by atoms with E-state index in [4.69, 9.17) is 5.11 Å². The fourth-order valence-corrected chi connectivity index (χ4v) is 3.00. The molecule has 0 aromatic heterocycles. The first-order valence-electron chi connectivity index (χ1n) is 5.84. The maximum atomic E-state index is 13.5. The minimum atomic E-state index is -4.59. The predicted molar refractivity (Wildman–Crippen MR) is 67.6 cm³/mol. The third kappa shape index (κ3) is 3.97. The highest BCUT2D eigenvalue weighted by molar-refractivity contribution is 7.89. The molecule has 1 atom stereocenters. The molecule has 0 aliphatic rings. The van der Waals surface area contributed by atoms with Crippen LogP contribution in [0, 0.1) is 17.6 Å². The first kappa shape index (κ1) is 16.5. The van der Waals surface area contributed by atoms with Crippen LogP contribution in [-0.2, 0) is 14.8 Å². The lowest BCUT2D eigenvalue weighted by Gasteiger charge is -2.17. The van der Waals surface area contributed by atoms with Crippen LogP contribution >= 0.6 is 0 Å². The highest BCUT2D eigenvalue weighted by atomic mass is 32.2. The average molecular weight is 307 g/mol. The molecule has 0 radical (unpaired) electrons. The molecule has 0 saturated heterocycles. The summed E-state index contributed by atoms with van der Waals surface area (Å²) in [6.45, 7) is 3.40. The largest absolute Gasteiger partial charge is 0.480 e. The van der Waals surface area contributed by atoms with Crippen LogP contribution in [-0.4, -0.2) is 25.5 Å². The normalized spacial score (nSPS) is 13.4. The molecule has 0 saturated carbocycles. The first-order valence-corrected chi connectivity index (χ1v) is 7.32. The van der Waals surface area contributed by atoms with E-state index in [0.29, 0.717) is 0 Å². The Morgan fingerprint density at radius 2 is 1.80 bits per heavy atom. The Labute approximate surface area is 115 Å². The Balaban J connectivity index is 3.13. The van der Waals surface area contributed by atoms with E-state index in [-0.39, 0.29) is 12.3 Å². The monoisotopic (exact) mass is 307 g/mol. The minimum absolute atomic E-state index is 0.00460. The zero-order chi connectivity index (χ0) is 15.5. The van der Waals surface area contributed by atoms with E-state index in [1.54, 1.807) is 13.8 Å². The lowest BCUT2D eigenvalue weighted by Crippen LogP contribution is -2.42. The Kier molecular flexibility index (Phi) is 5.18. The van der Waals surface area contributed by atoms with Crippen LogP contribution in [0.1, 0.15) is 20.3 Å². The van der Waals surface area contributed by atoms with Gasteiger partial charge in [0.15, 0.2) is 4.90 Å². The van der Waals surface area contributed by atoms with Crippen LogP contribution in [0.25, 0.3) is 0 Å². The summed E-state index contributed by atoms with van der Waals surface area (Å²) in [4.78, 5) is 9.83. The van der Waals surface area contributed by atoms with Crippen LogP contribution in [0.5, 0.6) is 0 Å². The van der Waals surface area contributed by atoms with E-state index in [1.807, 2.05) is 4.72 Å². The smallest absolute Gasteiger partial charge is 0.321 e. The summed E-state index contributed by atoms with van der Waals surface area (Å²) in [6.07, 6.45) is 0.00460. The number of hydrogen-bond acceptors (Lipinski definition) is 3. The number of carbonyl (C=O) groups is 1. The highest BCUT2D eigenvalue weighted by Crippen LogP contribution is 2.19. The molecule has 1 aromatic rings. The number of aliphatic carboxylic acids is 1. The number of nitrogens with one attached hydrogen (secondary N) is 1. The topological polar surface area (TPSA) is 83.5 Å². The van der Waals surface area contributed by atoms with Crippen molar-refractivity contribution < 1.29 is 27.1 Å². The fourth-order valence-electron chi connectivity index (χ4n) is 1.66. The molecule has 0 fully saturated rings. The van der Waals surface area contributed by atoms with Gasteiger partial charge >= 0.3 is 5.97 Å². The van der Waals surface area contributed by atoms with Gasteiger partial charge in [0, 0.05) is 0 Å². The zero-order valence-electron chi connectivity index (χ0n) is 10.9. The second-order valence-corrected chi connectivity index (χ2v) is 6.34. The van der Waals surface area contributed by atoms with Crippen LogP contribution < -0.4 is 4.72 Å². The molecule has 0 aliphatic carbocycles. The zero-order valence-corrected chi connectivity index (χ0v) is 11.7. The number of carboxylic acids is 1. The summed E-state index contributed by atoms with van der Waals surface area (Å²) in [5, 5.41) is 8.96. The second-order valence-electron chi connectivity index (χ2n) is 4.69. The van der Waals surface area contributed by atoms with Crippen molar-refractivity contribution in [2.75, 3.05) is 0 Å². The van der Waals surface area contributed by atoms with Crippen LogP contribution in [0.4, 0.5) is 8.78 Å². The van der Waals surface area contributed by atoms with Gasteiger partial charge in [-0.3, -0.25) is 4.79 Å². The van der Waals surface area contributed by atoms with Crippen molar-refractivity contribution in [1.29, 1.82) is 0 Å². The highest BCUT2D eigenvalue weighted by Gasteiger charge is 2.30. The van der Waals surface area contributed by atoms with Crippen LogP contribution in [0.15, 0.2) is 23.1 Å². The molecule has 112 valence electrons. The molecule has 0 amide bonds. The van der Waals surface area contributed by atoms with E-state index in [0.717, 1.165) is 18.2 Å². The van der Waals surface area contributed by atoms with Gasteiger partial charge in [0.05, 0.1) is 0 Å². The molecule has 0 aliphatic heterocycles. The fraction of sp³-hybridized carbons (Fsp3) is 0.417. The van der Waals surface area contributed by atoms with Gasteiger partial charge in [-0.2, -0.15) is 4.72 Å². The number of carboxylic acid groups (broad SMARTS) is 1. The lowest BCUT2D eigenvalue weighted by atomic mass is 10.1. The Morgan fingerprint density at radius 3 is 2.20 bits per heavy atom. The Bertz CT molecular complexity index is 581. The molecule has 1 unspecified atom stereocenters. The van der Waals surface area contributed by atoms with E-state index in [9.17, 15) is 22.0 Å². The molecule has 20 heavy (non-hydrogen) atoms. The van der Waals surface area contributed by atoms with Crippen molar-refractivity contribution >= 4 is 16.0 Å². The Morgan fingerprint density at radius 1 is 1.30 bits per heavy atom. The molecule has 5 nitrogen and oxygen atoms in total. The maximum absolute atomic E-state index is 13.5. The van der Waals surface area contributed by atoms with E-state index in [2.05, 4.69) is 0 Å². The number of halogens is 2. The van der Waals surface area contributed by atoms with Gasteiger partial charge in [-0.15, -0.1) is 0 Å². The summed E-state index contributed by atoms with van der Waals surface area (Å²) < 4.78 is 52.6. The standard InChI is InChI=1S/C12H15F2NO4S/c1-7(2)6-10(12(16)17)15-20(18,19)11-8(13)4-3-5-9(11)14/h3-5,7,10,15H,6H2,1-2H3,(H,16,17).